The van der Waals surface area contributed by atoms with Crippen molar-refractivity contribution < 1.29 is 24.3 Å². The van der Waals surface area contributed by atoms with E-state index < -0.39 is 29.9 Å². The van der Waals surface area contributed by atoms with Gasteiger partial charge in [0.25, 0.3) is 5.91 Å². The van der Waals surface area contributed by atoms with Crippen LogP contribution < -0.4 is 14.7 Å². The Labute approximate surface area is 199 Å². The van der Waals surface area contributed by atoms with E-state index in [1.165, 1.54) is 24.3 Å². The Kier molecular flexibility index (Phi) is 5.40. The number of fused-ring (bicyclic) bond motifs is 1. The predicted molar refractivity (Wildman–Crippen MR) is 124 cm³/mol. The van der Waals surface area contributed by atoms with E-state index in [1.807, 2.05) is 18.2 Å². The second-order valence-electron chi connectivity index (χ2n) is 7.67. The van der Waals surface area contributed by atoms with Crippen molar-refractivity contribution in [2.75, 3.05) is 17.1 Å². The molecular weight excluding hydrogens is 467 g/mol. The maximum absolute atomic E-state index is 13.6. The molecule has 0 aromatic heterocycles. The van der Waals surface area contributed by atoms with Gasteiger partial charge in [-0.15, -0.1) is 0 Å². The number of nitrogens with zero attached hydrogens (tertiary/aromatic N) is 2. The number of hydrogen-bond donors (Lipinski definition) is 1. The molecule has 168 valence electrons. The fourth-order valence-electron chi connectivity index (χ4n) is 4.35. The first-order valence-corrected chi connectivity index (χ1v) is 10.9. The van der Waals surface area contributed by atoms with Gasteiger partial charge in [-0.3, -0.25) is 14.4 Å². The van der Waals surface area contributed by atoms with Gasteiger partial charge in [-0.05, 0) is 36.4 Å². The van der Waals surface area contributed by atoms with Crippen molar-refractivity contribution in [3.63, 3.8) is 0 Å². The normalized spacial score (nSPS) is 22.1. The first kappa shape index (κ1) is 21.6. The van der Waals surface area contributed by atoms with Crippen LogP contribution in [0.1, 0.15) is 11.6 Å². The van der Waals surface area contributed by atoms with Crippen molar-refractivity contribution in [3.05, 3.63) is 82.3 Å². The third kappa shape index (κ3) is 3.40. The topological polar surface area (TPSA) is 79.3 Å². The molecule has 2 amide bonds. The van der Waals surface area contributed by atoms with E-state index in [-0.39, 0.29) is 16.5 Å². The lowest BCUT2D eigenvalue weighted by Crippen LogP contribution is -2.37. The Morgan fingerprint density at radius 2 is 1.67 bits per heavy atom. The number of ether oxygens (including phenoxy) is 1. The molecule has 2 heterocycles. The molecule has 2 aliphatic rings. The summed E-state index contributed by atoms with van der Waals surface area (Å²) < 4.78 is 5.26. The highest BCUT2D eigenvalue weighted by molar-refractivity contribution is 6.42. The summed E-state index contributed by atoms with van der Waals surface area (Å²) in [6.07, 6.45) is -1.08. The van der Waals surface area contributed by atoms with Crippen molar-refractivity contribution in [3.8, 4) is 11.5 Å². The molecule has 33 heavy (non-hydrogen) atoms. The van der Waals surface area contributed by atoms with Gasteiger partial charge in [0, 0.05) is 5.56 Å². The number of hydroxylamine groups is 1. The van der Waals surface area contributed by atoms with Crippen molar-refractivity contribution in [1.29, 1.82) is 0 Å². The number of aromatic hydroxyl groups is 1. The van der Waals surface area contributed by atoms with Gasteiger partial charge < -0.3 is 9.84 Å². The lowest BCUT2D eigenvalue weighted by Gasteiger charge is -2.29. The van der Waals surface area contributed by atoms with Crippen molar-refractivity contribution in [2.24, 2.45) is 5.92 Å². The van der Waals surface area contributed by atoms with E-state index in [1.54, 1.807) is 36.4 Å². The number of phenolic OH excluding ortho intramolecular Hbond substituents is 1. The molecule has 3 atom stereocenters. The molecule has 0 radical (unpaired) electrons. The van der Waals surface area contributed by atoms with Gasteiger partial charge in [0.1, 0.15) is 12.0 Å². The summed E-state index contributed by atoms with van der Waals surface area (Å²) in [5, 5.41) is 12.9. The molecule has 7 nitrogen and oxygen atoms in total. The fraction of sp³-hybridized carbons (Fsp3) is 0.167. The fourth-order valence-corrected chi connectivity index (χ4v) is 4.64. The van der Waals surface area contributed by atoms with Crippen LogP contribution in [0.15, 0.2) is 66.7 Å². The molecule has 0 spiro atoms. The molecule has 2 aliphatic heterocycles. The van der Waals surface area contributed by atoms with Crippen LogP contribution in [0.4, 0.5) is 11.4 Å². The van der Waals surface area contributed by atoms with Crippen molar-refractivity contribution in [2.45, 2.75) is 12.1 Å². The summed E-state index contributed by atoms with van der Waals surface area (Å²) in [6, 6.07) is 17.9. The number of hydrogen-bond acceptors (Lipinski definition) is 6. The summed E-state index contributed by atoms with van der Waals surface area (Å²) in [6.45, 7) is 0. The molecule has 9 heteroatoms. The minimum atomic E-state index is -1.08. The van der Waals surface area contributed by atoms with Crippen LogP contribution in [0.2, 0.25) is 10.0 Å². The van der Waals surface area contributed by atoms with Gasteiger partial charge in [-0.25, -0.2) is 9.96 Å². The van der Waals surface area contributed by atoms with Gasteiger partial charge in [0.15, 0.2) is 17.6 Å². The van der Waals surface area contributed by atoms with E-state index in [0.717, 1.165) is 4.90 Å². The van der Waals surface area contributed by atoms with E-state index in [9.17, 15) is 14.7 Å². The molecule has 0 unspecified atom stereocenters. The molecule has 1 N–H and O–H groups in total. The van der Waals surface area contributed by atoms with Crippen LogP contribution in [0.25, 0.3) is 0 Å². The highest BCUT2D eigenvalue weighted by Gasteiger charge is 2.60. The van der Waals surface area contributed by atoms with Gasteiger partial charge >= 0.3 is 0 Å². The lowest BCUT2D eigenvalue weighted by atomic mass is 9.90. The number of imide groups is 1. The smallest absolute Gasteiger partial charge is 0.266 e. The number of amides is 2. The highest BCUT2D eigenvalue weighted by atomic mass is 35.5. The maximum atomic E-state index is 13.6. The van der Waals surface area contributed by atoms with Crippen molar-refractivity contribution >= 4 is 46.4 Å². The summed E-state index contributed by atoms with van der Waals surface area (Å²) in [4.78, 5) is 34.1. The first-order chi connectivity index (χ1) is 15.9. The van der Waals surface area contributed by atoms with Crippen LogP contribution in [-0.2, 0) is 14.4 Å². The van der Waals surface area contributed by atoms with Gasteiger partial charge in [0.05, 0.1) is 28.5 Å². The Morgan fingerprint density at radius 1 is 0.909 bits per heavy atom. The maximum Gasteiger partial charge on any atom is 0.266 e. The molecule has 2 fully saturated rings. The zero-order valence-corrected chi connectivity index (χ0v) is 18.8. The van der Waals surface area contributed by atoms with Gasteiger partial charge in [-0.2, -0.15) is 0 Å². The summed E-state index contributed by atoms with van der Waals surface area (Å²) >= 11 is 12.1. The minimum absolute atomic E-state index is 0.122. The minimum Gasteiger partial charge on any atom is -0.504 e. The molecule has 0 bridgehead atoms. The van der Waals surface area contributed by atoms with Crippen LogP contribution in [-0.4, -0.2) is 30.1 Å². The Hall–Kier alpha value is -3.26. The Balaban J connectivity index is 1.62. The largest absolute Gasteiger partial charge is 0.504 e. The quantitative estimate of drug-likeness (QED) is 0.537. The second kappa shape index (κ2) is 8.26. The number of benzene rings is 3. The van der Waals surface area contributed by atoms with E-state index in [0.29, 0.717) is 22.0 Å². The third-order valence-electron chi connectivity index (χ3n) is 5.86. The number of para-hydroxylation sites is 2. The molecular formula is C24H18Cl2N2O5. The van der Waals surface area contributed by atoms with E-state index in [2.05, 4.69) is 0 Å². The van der Waals surface area contributed by atoms with Crippen LogP contribution in [0.3, 0.4) is 0 Å². The highest BCUT2D eigenvalue weighted by Crippen LogP contribution is 2.50. The number of carbonyl (C=O) groups is 2. The second-order valence-corrected chi connectivity index (χ2v) is 8.48. The number of halogens is 2. The molecule has 0 saturated carbocycles. The number of carbonyl (C=O) groups excluding carboxylic acids is 2. The number of rotatable bonds is 4. The third-order valence-corrected chi connectivity index (χ3v) is 6.60. The molecule has 2 saturated heterocycles. The standard InChI is InChI=1S/C24H18Cl2N2O5/c1-32-18-9-5-8-15(21(18)29)20-19-22(33-28(20)13-6-3-2-4-7-13)24(31)27(23(19)30)14-10-11-16(25)17(26)12-14/h2-12,19-20,22,29H,1H3/t19-,20+,22+/m1/s1. The monoisotopic (exact) mass is 484 g/mol. The first-order valence-electron chi connectivity index (χ1n) is 10.1. The average molecular weight is 485 g/mol. The predicted octanol–water partition coefficient (Wildman–Crippen LogP) is 4.76. The lowest BCUT2D eigenvalue weighted by molar-refractivity contribution is -0.126. The SMILES string of the molecule is COc1cccc([C@H]2[C@H]3C(=O)N(c4ccc(Cl)c(Cl)c4)C(=O)[C@H]3ON2c2ccccc2)c1O. The molecule has 5 rings (SSSR count). The summed E-state index contributed by atoms with van der Waals surface area (Å²) in [5.41, 5.74) is 1.35. The number of methoxy groups -OCH3 is 1. The number of anilines is 2. The molecule has 0 aliphatic carbocycles. The van der Waals surface area contributed by atoms with Gasteiger partial charge in [-0.1, -0.05) is 53.5 Å². The zero-order chi connectivity index (χ0) is 23.3. The Morgan fingerprint density at radius 3 is 2.36 bits per heavy atom. The van der Waals surface area contributed by atoms with Crippen molar-refractivity contribution in [1.82, 2.24) is 0 Å². The molecule has 3 aromatic rings. The zero-order valence-electron chi connectivity index (χ0n) is 17.3. The van der Waals surface area contributed by atoms with Crippen LogP contribution in [0.5, 0.6) is 11.5 Å². The van der Waals surface area contributed by atoms with Crippen LogP contribution >= 0.6 is 23.2 Å². The summed E-state index contributed by atoms with van der Waals surface area (Å²) in [7, 11) is 1.44. The summed E-state index contributed by atoms with van der Waals surface area (Å²) in [5.74, 6) is -1.76. The Bertz CT molecular complexity index is 1250. The van der Waals surface area contributed by atoms with E-state index >= 15 is 0 Å². The van der Waals surface area contributed by atoms with Gasteiger partial charge in [0.2, 0.25) is 5.91 Å². The number of phenols is 1. The average Bonchev–Trinajstić information content (AvgIpc) is 3.32. The molecule has 3 aromatic carbocycles. The van der Waals surface area contributed by atoms with E-state index in [4.69, 9.17) is 32.8 Å². The van der Waals surface area contributed by atoms with Crippen LogP contribution in [0, 0.1) is 5.92 Å².